The monoisotopic (exact) mass is 652 g/mol. The number of benzene rings is 2. The van der Waals surface area contributed by atoms with E-state index < -0.39 is 44.6 Å². The number of carbonyl (C=O) groups excluding carboxylic acids is 2. The number of piperidine rings is 1. The molecule has 45 heavy (non-hydrogen) atoms. The van der Waals surface area contributed by atoms with Crippen LogP contribution in [0.5, 0.6) is 5.75 Å². The van der Waals surface area contributed by atoms with Crippen LogP contribution in [0.1, 0.15) is 62.5 Å². The largest absolute Gasteiger partial charge is 0.492 e. The van der Waals surface area contributed by atoms with Crippen LogP contribution in [0, 0.1) is 0 Å². The molecule has 13 heteroatoms. The van der Waals surface area contributed by atoms with E-state index in [1.54, 1.807) is 12.1 Å². The lowest BCUT2D eigenvalue weighted by Crippen LogP contribution is -2.57. The first kappa shape index (κ1) is 34.7. The Bertz CT molecular complexity index is 1400. The Morgan fingerprint density at radius 1 is 1.00 bits per heavy atom. The van der Waals surface area contributed by atoms with E-state index in [0.717, 1.165) is 66.7 Å². The lowest BCUT2D eigenvalue weighted by atomic mass is 9.95. The number of ether oxygens (including phenoxy) is 1. The van der Waals surface area contributed by atoms with Crippen LogP contribution in [0.2, 0.25) is 0 Å². The third-order valence-corrected chi connectivity index (χ3v) is 10.2. The molecular formula is C32H43F3N4O5S. The minimum absolute atomic E-state index is 0.00871. The van der Waals surface area contributed by atoms with Gasteiger partial charge in [-0.1, -0.05) is 43.9 Å². The van der Waals surface area contributed by atoms with E-state index in [9.17, 15) is 31.2 Å². The van der Waals surface area contributed by atoms with Crippen molar-refractivity contribution in [3.63, 3.8) is 0 Å². The summed E-state index contributed by atoms with van der Waals surface area (Å²) in [5.41, 5.74) is -0.314. The van der Waals surface area contributed by atoms with Gasteiger partial charge in [0.2, 0.25) is 21.8 Å². The molecule has 2 aromatic rings. The summed E-state index contributed by atoms with van der Waals surface area (Å²) in [7, 11) is -0.538. The third kappa shape index (κ3) is 9.67. The summed E-state index contributed by atoms with van der Waals surface area (Å²) in [5, 5.41) is 5.86. The molecule has 2 aromatic carbocycles. The molecule has 1 heterocycles. The zero-order valence-corrected chi connectivity index (χ0v) is 26.6. The Labute approximate surface area is 263 Å². The van der Waals surface area contributed by atoms with Crippen LogP contribution in [0.25, 0.3) is 0 Å². The van der Waals surface area contributed by atoms with E-state index in [-0.39, 0.29) is 31.3 Å². The standard InChI is InChI=1S/C32H43F3N4O5S/c1-38(2)19-20-44-26-16-14-23(15-17-26)21-28(30(40)36-25-10-4-3-5-11-25)37-31(41)29-13-6-7-18-39(29)45(42,43)27-12-8-9-24(22-27)32(33,34)35/h8-9,12,14-17,22,25,28-29H,3-7,10-11,13,18-21H2,1-2H3,(H,36,40)(H,37,41)/t28-,29?/m0/s1. The van der Waals surface area contributed by atoms with Crippen LogP contribution >= 0.6 is 0 Å². The van der Waals surface area contributed by atoms with Gasteiger partial charge in [0.25, 0.3) is 0 Å². The van der Waals surface area contributed by atoms with Gasteiger partial charge in [-0.3, -0.25) is 9.59 Å². The van der Waals surface area contributed by atoms with Gasteiger partial charge >= 0.3 is 6.18 Å². The zero-order valence-electron chi connectivity index (χ0n) is 25.8. The molecule has 2 atom stereocenters. The van der Waals surface area contributed by atoms with E-state index in [1.807, 2.05) is 31.1 Å². The van der Waals surface area contributed by atoms with Gasteiger partial charge in [-0.25, -0.2) is 8.42 Å². The molecule has 4 rings (SSSR count). The highest BCUT2D eigenvalue weighted by Gasteiger charge is 2.40. The third-order valence-electron chi connectivity index (χ3n) is 8.28. The van der Waals surface area contributed by atoms with Crippen LogP contribution in [0.3, 0.4) is 0 Å². The fourth-order valence-corrected chi connectivity index (χ4v) is 7.46. The maximum atomic E-state index is 13.7. The van der Waals surface area contributed by atoms with Crippen molar-refractivity contribution in [2.75, 3.05) is 33.8 Å². The molecule has 1 aliphatic heterocycles. The van der Waals surface area contributed by atoms with E-state index in [0.29, 0.717) is 31.3 Å². The van der Waals surface area contributed by atoms with Gasteiger partial charge in [-0.05, 0) is 75.7 Å². The summed E-state index contributed by atoms with van der Waals surface area (Å²) < 4.78 is 74.0. The SMILES string of the molecule is CN(C)CCOc1ccc(C[C@H](NC(=O)C2CCCCN2S(=O)(=O)c2cccc(C(F)(F)F)c2)C(=O)NC2CCCCC2)cc1. The number of likely N-dealkylation sites (N-methyl/N-ethyl adjacent to an activating group) is 1. The van der Waals surface area contributed by atoms with Crippen LogP contribution in [-0.4, -0.2) is 81.4 Å². The predicted octanol–water partition coefficient (Wildman–Crippen LogP) is 4.37. The van der Waals surface area contributed by atoms with E-state index in [1.165, 1.54) is 0 Å². The number of rotatable bonds is 12. The van der Waals surface area contributed by atoms with Crippen LogP contribution in [0.15, 0.2) is 53.4 Å². The smallest absolute Gasteiger partial charge is 0.416 e. The number of carbonyl (C=O) groups is 2. The Balaban J connectivity index is 1.53. The Morgan fingerprint density at radius 2 is 1.69 bits per heavy atom. The molecule has 2 aliphatic rings. The van der Waals surface area contributed by atoms with Gasteiger partial charge in [0.05, 0.1) is 10.5 Å². The maximum absolute atomic E-state index is 13.7. The van der Waals surface area contributed by atoms with Crippen molar-refractivity contribution in [2.24, 2.45) is 0 Å². The van der Waals surface area contributed by atoms with Gasteiger partial charge in [-0.15, -0.1) is 0 Å². The van der Waals surface area contributed by atoms with Crippen molar-refractivity contribution in [3.8, 4) is 5.75 Å². The Kier molecular flexibility index (Phi) is 11.9. The molecule has 2 fully saturated rings. The van der Waals surface area contributed by atoms with Crippen molar-refractivity contribution >= 4 is 21.8 Å². The molecule has 248 valence electrons. The average molecular weight is 653 g/mol. The maximum Gasteiger partial charge on any atom is 0.416 e. The van der Waals surface area contributed by atoms with Crippen molar-refractivity contribution in [1.29, 1.82) is 0 Å². The number of amides is 2. The van der Waals surface area contributed by atoms with Crippen molar-refractivity contribution in [2.45, 2.75) is 87.0 Å². The number of nitrogens with one attached hydrogen (secondary N) is 2. The number of halogens is 3. The molecule has 9 nitrogen and oxygen atoms in total. The highest BCUT2D eigenvalue weighted by molar-refractivity contribution is 7.89. The second-order valence-corrected chi connectivity index (χ2v) is 13.9. The number of nitrogens with zero attached hydrogens (tertiary/aromatic N) is 2. The molecule has 0 bridgehead atoms. The first-order valence-electron chi connectivity index (χ1n) is 15.5. The van der Waals surface area contributed by atoms with E-state index in [4.69, 9.17) is 4.74 Å². The summed E-state index contributed by atoms with van der Waals surface area (Å²) in [6.07, 6.45) is 1.43. The first-order chi connectivity index (χ1) is 21.3. The number of hydrogen-bond donors (Lipinski definition) is 2. The second kappa shape index (κ2) is 15.4. The Hall–Kier alpha value is -3.16. The van der Waals surface area contributed by atoms with Gasteiger partial charge < -0.3 is 20.3 Å². The Morgan fingerprint density at radius 3 is 2.36 bits per heavy atom. The quantitative estimate of drug-likeness (QED) is 0.353. The molecule has 2 amide bonds. The normalized spacial score (nSPS) is 19.2. The number of sulfonamides is 1. The minimum atomic E-state index is -4.72. The van der Waals surface area contributed by atoms with Crippen LogP contribution in [-0.2, 0) is 32.2 Å². The molecule has 1 saturated carbocycles. The molecule has 1 saturated heterocycles. The highest BCUT2D eigenvalue weighted by atomic mass is 32.2. The van der Waals surface area contributed by atoms with Crippen molar-refractivity contribution in [1.82, 2.24) is 19.8 Å². The van der Waals surface area contributed by atoms with Gasteiger partial charge in [0.15, 0.2) is 0 Å². The first-order valence-corrected chi connectivity index (χ1v) is 16.9. The summed E-state index contributed by atoms with van der Waals surface area (Å²) in [5.74, 6) is -0.340. The van der Waals surface area contributed by atoms with Gasteiger partial charge in [-0.2, -0.15) is 17.5 Å². The summed E-state index contributed by atoms with van der Waals surface area (Å²) >= 11 is 0. The molecule has 1 unspecified atom stereocenters. The van der Waals surface area contributed by atoms with Crippen LogP contribution in [0.4, 0.5) is 13.2 Å². The summed E-state index contributed by atoms with van der Waals surface area (Å²) in [4.78, 5) is 28.8. The number of hydrogen-bond acceptors (Lipinski definition) is 6. The zero-order chi connectivity index (χ0) is 32.6. The number of alkyl halides is 3. The second-order valence-electron chi connectivity index (χ2n) is 12.1. The van der Waals surface area contributed by atoms with Crippen LogP contribution < -0.4 is 15.4 Å². The average Bonchev–Trinajstić information content (AvgIpc) is 3.01. The predicted molar refractivity (Wildman–Crippen MR) is 164 cm³/mol. The van der Waals surface area contributed by atoms with E-state index in [2.05, 4.69) is 10.6 Å². The molecule has 0 radical (unpaired) electrons. The molecular weight excluding hydrogens is 609 g/mol. The molecule has 2 N–H and O–H groups in total. The van der Waals surface area contributed by atoms with E-state index >= 15 is 0 Å². The molecule has 1 aliphatic carbocycles. The van der Waals surface area contributed by atoms with Gasteiger partial charge in [0, 0.05) is 25.6 Å². The highest BCUT2D eigenvalue weighted by Crippen LogP contribution is 2.32. The topological polar surface area (TPSA) is 108 Å². The lowest BCUT2D eigenvalue weighted by Gasteiger charge is -2.35. The fourth-order valence-electron chi connectivity index (χ4n) is 5.75. The minimum Gasteiger partial charge on any atom is -0.492 e. The lowest BCUT2D eigenvalue weighted by molar-refractivity contribution is -0.137. The summed E-state index contributed by atoms with van der Waals surface area (Å²) in [6, 6.07) is 8.61. The molecule has 0 aromatic heterocycles. The van der Waals surface area contributed by atoms with Crippen molar-refractivity contribution < 1.29 is 35.9 Å². The summed E-state index contributed by atoms with van der Waals surface area (Å²) in [6.45, 7) is 1.24. The van der Waals surface area contributed by atoms with Crippen molar-refractivity contribution in [3.05, 3.63) is 59.7 Å². The molecule has 0 spiro atoms. The fraction of sp³-hybridized carbons (Fsp3) is 0.562. The van der Waals surface area contributed by atoms with Gasteiger partial charge in [0.1, 0.15) is 24.4 Å².